The molecule has 2 aromatic heterocycles. The fourth-order valence-electron chi connectivity index (χ4n) is 4.01. The minimum Gasteiger partial charge on any atom is -0.497 e. The second-order valence-electron chi connectivity index (χ2n) is 7.29. The van der Waals surface area contributed by atoms with E-state index in [-0.39, 0.29) is 5.56 Å². The van der Waals surface area contributed by atoms with E-state index in [0.717, 1.165) is 33.9 Å². The highest BCUT2D eigenvalue weighted by molar-refractivity contribution is 6.30. The van der Waals surface area contributed by atoms with E-state index in [1.54, 1.807) is 11.8 Å². The molecule has 31 heavy (non-hydrogen) atoms. The Labute approximate surface area is 184 Å². The van der Waals surface area contributed by atoms with Crippen LogP contribution in [0.2, 0.25) is 5.02 Å². The zero-order chi connectivity index (χ0) is 21.5. The van der Waals surface area contributed by atoms with Crippen LogP contribution in [0.4, 0.5) is 0 Å². The van der Waals surface area contributed by atoms with E-state index in [1.165, 1.54) is 0 Å². The number of hydrogen-bond acceptors (Lipinski definition) is 2. The lowest BCUT2D eigenvalue weighted by Gasteiger charge is -2.12. The zero-order valence-electron chi connectivity index (χ0n) is 17.1. The Hall–Kier alpha value is -3.70. The predicted octanol–water partition coefficient (Wildman–Crippen LogP) is 5.45. The smallest absolute Gasteiger partial charge is 0.281 e. The van der Waals surface area contributed by atoms with Gasteiger partial charge in [0.15, 0.2) is 0 Å². The number of para-hydroxylation sites is 1. The molecule has 154 valence electrons. The number of benzene rings is 3. The van der Waals surface area contributed by atoms with Gasteiger partial charge in [-0.3, -0.25) is 9.48 Å². The topological polar surface area (TPSA) is 41.1 Å². The molecule has 0 unspecified atom stereocenters. The maximum absolute atomic E-state index is 13.7. The highest BCUT2D eigenvalue weighted by Gasteiger charge is 2.22. The van der Waals surface area contributed by atoms with Gasteiger partial charge in [-0.05, 0) is 42.0 Å². The molecule has 0 bridgehead atoms. The van der Waals surface area contributed by atoms with Crippen molar-refractivity contribution in [3.8, 4) is 28.4 Å². The van der Waals surface area contributed by atoms with Crippen LogP contribution in [-0.2, 0) is 7.05 Å². The van der Waals surface area contributed by atoms with Crippen LogP contribution in [0.1, 0.15) is 0 Å². The number of aryl methyl sites for hydroxylation is 1. The normalized spacial score (nSPS) is 11.2. The molecule has 3 aromatic carbocycles. The molecule has 0 aliphatic carbocycles. The van der Waals surface area contributed by atoms with Gasteiger partial charge < -0.3 is 9.30 Å². The van der Waals surface area contributed by atoms with Crippen LogP contribution in [0.25, 0.3) is 33.5 Å². The van der Waals surface area contributed by atoms with Crippen molar-refractivity contribution >= 4 is 22.5 Å². The summed E-state index contributed by atoms with van der Waals surface area (Å²) < 4.78 is 11.0. The minimum absolute atomic E-state index is 0.0738. The van der Waals surface area contributed by atoms with Crippen molar-refractivity contribution in [1.29, 1.82) is 0 Å². The molecule has 0 atom stereocenters. The van der Waals surface area contributed by atoms with Crippen LogP contribution in [0.5, 0.6) is 5.75 Å². The zero-order valence-corrected chi connectivity index (χ0v) is 17.9. The summed E-state index contributed by atoms with van der Waals surface area (Å²) >= 11 is 6.14. The van der Waals surface area contributed by atoms with Crippen molar-refractivity contribution in [3.05, 3.63) is 100 Å². The molecular formula is C25H20ClN3O2. The average molecular weight is 430 g/mol. The summed E-state index contributed by atoms with van der Waals surface area (Å²) in [6.07, 6.45) is 1.99. The van der Waals surface area contributed by atoms with Crippen molar-refractivity contribution in [1.82, 2.24) is 13.9 Å². The van der Waals surface area contributed by atoms with E-state index >= 15 is 0 Å². The molecule has 0 radical (unpaired) electrons. The van der Waals surface area contributed by atoms with Crippen molar-refractivity contribution in [2.45, 2.75) is 0 Å². The fraction of sp³-hybridized carbons (Fsp3) is 0.0800. The van der Waals surface area contributed by atoms with E-state index in [2.05, 4.69) is 0 Å². The average Bonchev–Trinajstić information content (AvgIpc) is 3.31. The molecule has 0 aliphatic rings. The third-order valence-corrected chi connectivity index (χ3v) is 5.74. The van der Waals surface area contributed by atoms with Gasteiger partial charge in [0.05, 0.1) is 29.4 Å². The summed E-state index contributed by atoms with van der Waals surface area (Å²) in [5.74, 6) is 0.749. The maximum Gasteiger partial charge on any atom is 0.281 e. The van der Waals surface area contributed by atoms with Crippen LogP contribution >= 0.6 is 11.6 Å². The highest BCUT2D eigenvalue weighted by atomic mass is 35.5. The third kappa shape index (κ3) is 3.14. The molecule has 0 spiro atoms. The van der Waals surface area contributed by atoms with Gasteiger partial charge in [0.1, 0.15) is 5.75 Å². The van der Waals surface area contributed by atoms with Crippen LogP contribution < -0.4 is 10.3 Å². The SMILES string of the molecule is COc1cccc(-n2cc3c(c2-c2ccc(Cl)cc2)c(=O)n(-c2ccccc2)n3C)c1. The molecular weight excluding hydrogens is 410 g/mol. The molecule has 5 nitrogen and oxygen atoms in total. The lowest BCUT2D eigenvalue weighted by molar-refractivity contribution is 0.414. The van der Waals surface area contributed by atoms with E-state index in [9.17, 15) is 4.79 Å². The first-order chi connectivity index (χ1) is 15.1. The van der Waals surface area contributed by atoms with Crippen molar-refractivity contribution in [2.24, 2.45) is 7.05 Å². The standard InChI is InChI=1S/C25H20ClN3O2/c1-27-22-16-28(20-9-6-10-21(15-20)31-2)24(17-11-13-18(26)14-12-17)23(22)25(30)29(27)19-7-4-3-5-8-19/h3-16H,1-2H3. The van der Waals surface area contributed by atoms with E-state index < -0.39 is 0 Å². The van der Waals surface area contributed by atoms with Gasteiger partial charge in [0.2, 0.25) is 0 Å². The molecule has 2 heterocycles. The molecule has 5 rings (SSSR count). The Morgan fingerprint density at radius 1 is 0.871 bits per heavy atom. The number of aromatic nitrogens is 3. The second-order valence-corrected chi connectivity index (χ2v) is 7.73. The molecule has 0 N–H and O–H groups in total. The van der Waals surface area contributed by atoms with Crippen molar-refractivity contribution in [3.63, 3.8) is 0 Å². The Morgan fingerprint density at radius 3 is 2.29 bits per heavy atom. The fourth-order valence-corrected chi connectivity index (χ4v) is 4.14. The van der Waals surface area contributed by atoms with E-state index in [4.69, 9.17) is 16.3 Å². The highest BCUT2D eigenvalue weighted by Crippen LogP contribution is 2.33. The van der Waals surface area contributed by atoms with Gasteiger partial charge in [-0.1, -0.05) is 48.0 Å². The molecule has 0 saturated heterocycles. The third-order valence-electron chi connectivity index (χ3n) is 5.49. The molecule has 0 saturated carbocycles. The molecule has 0 amide bonds. The van der Waals surface area contributed by atoms with Gasteiger partial charge in [-0.2, -0.15) is 0 Å². The quantitative estimate of drug-likeness (QED) is 0.381. The summed E-state index contributed by atoms with van der Waals surface area (Å²) in [6, 6.07) is 25.0. The molecule has 0 fully saturated rings. The Bertz CT molecular complexity index is 1440. The number of hydrogen-bond donors (Lipinski definition) is 0. The van der Waals surface area contributed by atoms with Gasteiger partial charge in [0, 0.05) is 30.0 Å². The van der Waals surface area contributed by atoms with Crippen molar-refractivity contribution < 1.29 is 4.74 Å². The summed E-state index contributed by atoms with van der Waals surface area (Å²) in [6.45, 7) is 0. The minimum atomic E-state index is -0.0738. The Kier molecular flexibility index (Phi) is 4.68. The second kappa shape index (κ2) is 7.52. The van der Waals surface area contributed by atoms with E-state index in [1.807, 2.05) is 101 Å². The monoisotopic (exact) mass is 429 g/mol. The lowest BCUT2D eigenvalue weighted by atomic mass is 10.1. The van der Waals surface area contributed by atoms with Crippen LogP contribution in [0, 0.1) is 0 Å². The Balaban J connectivity index is 1.86. The lowest BCUT2D eigenvalue weighted by Crippen LogP contribution is -2.20. The largest absolute Gasteiger partial charge is 0.497 e. The van der Waals surface area contributed by atoms with Crippen LogP contribution in [-0.4, -0.2) is 21.0 Å². The molecule has 5 aromatic rings. The number of rotatable bonds is 4. The number of ether oxygens (including phenoxy) is 1. The van der Waals surface area contributed by atoms with E-state index in [0.29, 0.717) is 10.4 Å². The molecule has 0 aliphatic heterocycles. The van der Waals surface area contributed by atoms with Gasteiger partial charge in [-0.25, -0.2) is 4.68 Å². The Morgan fingerprint density at radius 2 is 1.58 bits per heavy atom. The van der Waals surface area contributed by atoms with Gasteiger partial charge >= 0.3 is 0 Å². The molecule has 6 heteroatoms. The maximum atomic E-state index is 13.7. The van der Waals surface area contributed by atoms with Crippen LogP contribution in [0.15, 0.2) is 89.9 Å². The summed E-state index contributed by atoms with van der Waals surface area (Å²) in [5, 5.41) is 1.30. The first-order valence-electron chi connectivity index (χ1n) is 9.87. The summed E-state index contributed by atoms with van der Waals surface area (Å²) in [7, 11) is 3.54. The summed E-state index contributed by atoms with van der Waals surface area (Å²) in [4.78, 5) is 13.7. The first-order valence-corrected chi connectivity index (χ1v) is 10.2. The number of methoxy groups -OCH3 is 1. The predicted molar refractivity (Wildman–Crippen MR) is 125 cm³/mol. The number of halogens is 1. The first kappa shape index (κ1) is 19.3. The van der Waals surface area contributed by atoms with Crippen LogP contribution in [0.3, 0.4) is 0 Å². The number of nitrogens with zero attached hydrogens (tertiary/aromatic N) is 3. The van der Waals surface area contributed by atoms with Crippen molar-refractivity contribution in [2.75, 3.05) is 7.11 Å². The number of fused-ring (bicyclic) bond motifs is 1. The van der Waals surface area contributed by atoms with Gasteiger partial charge in [-0.15, -0.1) is 0 Å². The van der Waals surface area contributed by atoms with Gasteiger partial charge in [0.25, 0.3) is 5.56 Å². The summed E-state index contributed by atoms with van der Waals surface area (Å²) in [5.41, 5.74) is 4.21.